The fraction of sp³-hybridized carbons (Fsp3) is 0.750. The average Bonchev–Trinajstić information content (AvgIpc) is 2.56. The molecular weight excluding hydrogens is 461 g/mol. The summed E-state index contributed by atoms with van der Waals surface area (Å²) in [6, 6.07) is -4.77. The molecule has 1 aliphatic carbocycles. The molecule has 0 heterocycles. The summed E-state index contributed by atoms with van der Waals surface area (Å²) in [6.45, 7) is 2.37. The van der Waals surface area contributed by atoms with Crippen LogP contribution in [0.25, 0.3) is 0 Å². The lowest BCUT2D eigenvalue weighted by molar-refractivity contribution is -0.438. The molecule has 0 saturated heterocycles. The quantitative estimate of drug-likeness (QED) is 0.305. The molecule has 0 aromatic rings. The highest BCUT2D eigenvalue weighted by Crippen LogP contribution is 2.71. The van der Waals surface area contributed by atoms with Gasteiger partial charge in [0, 0.05) is 6.42 Å². The first-order chi connectivity index (χ1) is 12.5. The molecular formula is C12H5F15O2. The second-order valence-electron chi connectivity index (χ2n) is 5.66. The molecule has 0 spiro atoms. The van der Waals surface area contributed by atoms with E-state index in [2.05, 4.69) is 6.58 Å². The largest absolute Gasteiger partial charge is 0.460 e. The van der Waals surface area contributed by atoms with Crippen LogP contribution < -0.4 is 0 Å². The fourth-order valence-corrected chi connectivity index (χ4v) is 2.31. The van der Waals surface area contributed by atoms with E-state index in [0.717, 1.165) is 0 Å². The van der Waals surface area contributed by atoms with E-state index in [9.17, 15) is 70.7 Å². The van der Waals surface area contributed by atoms with Crippen molar-refractivity contribution in [2.24, 2.45) is 0 Å². The van der Waals surface area contributed by atoms with Crippen molar-refractivity contribution < 1.29 is 75.4 Å². The molecule has 0 bridgehead atoms. The Morgan fingerprint density at radius 3 is 1.55 bits per heavy atom. The molecule has 2 nitrogen and oxygen atoms in total. The van der Waals surface area contributed by atoms with Crippen LogP contribution in [0, 0.1) is 0 Å². The maximum atomic E-state index is 14.5. The van der Waals surface area contributed by atoms with Crippen molar-refractivity contribution in [3.05, 3.63) is 12.7 Å². The van der Waals surface area contributed by atoms with Crippen LogP contribution in [0.15, 0.2) is 12.7 Å². The molecule has 0 amide bonds. The first-order valence-corrected chi connectivity index (χ1v) is 6.62. The van der Waals surface area contributed by atoms with Crippen LogP contribution in [0.2, 0.25) is 0 Å². The highest BCUT2D eigenvalue weighted by molar-refractivity contribution is 5.78. The Hall–Kier alpha value is -1.68. The second kappa shape index (κ2) is 6.16. The van der Waals surface area contributed by atoms with Gasteiger partial charge in [-0.2, -0.15) is 57.1 Å². The first-order valence-electron chi connectivity index (χ1n) is 6.62. The van der Waals surface area contributed by atoms with Crippen molar-refractivity contribution in [2.45, 2.75) is 53.7 Å². The van der Waals surface area contributed by atoms with Crippen molar-refractivity contribution in [2.75, 3.05) is 0 Å². The third kappa shape index (κ3) is 2.60. The van der Waals surface area contributed by atoms with E-state index in [1.54, 1.807) is 0 Å². The Morgan fingerprint density at radius 2 is 1.24 bits per heavy atom. The van der Waals surface area contributed by atoms with Gasteiger partial charge >= 0.3 is 47.6 Å². The number of ether oxygens (including phenoxy) is 1. The van der Waals surface area contributed by atoms with Crippen LogP contribution >= 0.6 is 0 Å². The Morgan fingerprint density at radius 1 is 0.828 bits per heavy atom. The van der Waals surface area contributed by atoms with E-state index in [4.69, 9.17) is 0 Å². The first kappa shape index (κ1) is 25.4. The number of rotatable bonds is 6. The van der Waals surface area contributed by atoms with Gasteiger partial charge in [0.15, 0.2) is 0 Å². The van der Waals surface area contributed by atoms with E-state index in [0.29, 0.717) is 0 Å². The van der Waals surface area contributed by atoms with Gasteiger partial charge in [-0.25, -0.2) is 8.78 Å². The maximum Gasteiger partial charge on any atom is 0.460 e. The van der Waals surface area contributed by atoms with Gasteiger partial charge < -0.3 is 0 Å². The van der Waals surface area contributed by atoms with E-state index in [1.165, 1.54) is 0 Å². The van der Waals surface area contributed by atoms with Gasteiger partial charge in [-0.15, -0.1) is 6.58 Å². The SMILES string of the molecule is C=CCC1(F)C(F)(F)C(F)(F)C(F)(F)C1(F)OC(F)(C(=O)F)C(F)(F)C(F)(F)F. The molecule has 1 saturated carbocycles. The van der Waals surface area contributed by atoms with Crippen LogP contribution in [-0.4, -0.2) is 53.3 Å². The number of allylic oxidation sites excluding steroid dienone is 1. The zero-order chi connectivity index (χ0) is 23.7. The Labute approximate surface area is 149 Å². The number of alkyl halides is 14. The molecule has 17 heteroatoms. The summed E-state index contributed by atoms with van der Waals surface area (Å²) < 4.78 is 201. The molecule has 0 N–H and O–H groups in total. The smallest absolute Gasteiger partial charge is 0.287 e. The van der Waals surface area contributed by atoms with Crippen molar-refractivity contribution in [1.29, 1.82) is 0 Å². The molecule has 170 valence electrons. The van der Waals surface area contributed by atoms with E-state index < -0.39 is 59.7 Å². The van der Waals surface area contributed by atoms with Gasteiger partial charge in [-0.1, -0.05) is 6.08 Å². The molecule has 0 aliphatic heterocycles. The third-order valence-corrected chi connectivity index (χ3v) is 3.92. The van der Waals surface area contributed by atoms with Gasteiger partial charge in [0.05, 0.1) is 0 Å². The van der Waals surface area contributed by atoms with Crippen molar-refractivity contribution in [3.63, 3.8) is 0 Å². The van der Waals surface area contributed by atoms with E-state index in [1.807, 2.05) is 4.74 Å². The monoisotopic (exact) mass is 466 g/mol. The highest BCUT2D eigenvalue weighted by atomic mass is 19.4. The number of carbonyl (C=O) groups excluding carboxylic acids is 1. The van der Waals surface area contributed by atoms with Crippen LogP contribution in [0.3, 0.4) is 0 Å². The van der Waals surface area contributed by atoms with Crippen molar-refractivity contribution >= 4 is 6.04 Å². The maximum absolute atomic E-state index is 14.5. The average molecular weight is 466 g/mol. The molecule has 3 unspecified atom stereocenters. The Balaban J connectivity index is 3.92. The summed E-state index contributed by atoms with van der Waals surface area (Å²) in [7, 11) is 0. The van der Waals surface area contributed by atoms with E-state index >= 15 is 0 Å². The molecule has 1 aliphatic rings. The number of halogens is 15. The minimum absolute atomic E-state index is 0.359. The molecule has 0 aromatic carbocycles. The molecule has 29 heavy (non-hydrogen) atoms. The lowest BCUT2D eigenvalue weighted by Gasteiger charge is -2.40. The standard InChI is InChI=1S/C12H5F15O2/c1-2-3-5(14)7(16,17)9(20,21)10(22,23)11(5,24)29-6(15,4(13)28)8(18,19)12(25,26)27/h2H,1,3H2. The zero-order valence-electron chi connectivity index (χ0n) is 13.0. The summed E-state index contributed by atoms with van der Waals surface area (Å²) in [6.07, 6.45) is -10.5. The number of hydrogen-bond donors (Lipinski definition) is 0. The molecule has 3 atom stereocenters. The van der Waals surface area contributed by atoms with Crippen molar-refractivity contribution in [3.8, 4) is 0 Å². The van der Waals surface area contributed by atoms with Gasteiger partial charge in [-0.05, 0) is 0 Å². The van der Waals surface area contributed by atoms with Crippen LogP contribution in [0.5, 0.6) is 0 Å². The lowest BCUT2D eigenvalue weighted by atomic mass is 9.91. The molecule has 1 rings (SSSR count). The summed E-state index contributed by atoms with van der Waals surface area (Å²) in [5, 5.41) is 0. The van der Waals surface area contributed by atoms with Gasteiger partial charge in [0.25, 0.3) is 0 Å². The summed E-state index contributed by atoms with van der Waals surface area (Å²) in [5.41, 5.74) is -6.30. The van der Waals surface area contributed by atoms with E-state index in [-0.39, 0.29) is 6.08 Å². The normalized spacial score (nSPS) is 33.2. The Kier molecular flexibility index (Phi) is 5.39. The van der Waals surface area contributed by atoms with Crippen LogP contribution in [0.4, 0.5) is 65.9 Å². The topological polar surface area (TPSA) is 26.3 Å². The van der Waals surface area contributed by atoms with Gasteiger partial charge in [0.2, 0.25) is 5.67 Å². The summed E-state index contributed by atoms with van der Waals surface area (Å²) in [4.78, 5) is 10.3. The summed E-state index contributed by atoms with van der Waals surface area (Å²) in [5.74, 6) is -43.7. The number of hydrogen-bond acceptors (Lipinski definition) is 2. The van der Waals surface area contributed by atoms with Crippen LogP contribution in [-0.2, 0) is 9.53 Å². The van der Waals surface area contributed by atoms with Gasteiger partial charge in [0.1, 0.15) is 0 Å². The summed E-state index contributed by atoms with van der Waals surface area (Å²) >= 11 is 0. The molecule has 1 fully saturated rings. The third-order valence-electron chi connectivity index (χ3n) is 3.92. The van der Waals surface area contributed by atoms with Crippen molar-refractivity contribution in [1.82, 2.24) is 0 Å². The predicted molar refractivity (Wildman–Crippen MR) is 59.4 cm³/mol. The van der Waals surface area contributed by atoms with Gasteiger partial charge in [-0.3, -0.25) is 9.53 Å². The minimum atomic E-state index is -7.64. The minimum Gasteiger partial charge on any atom is -0.287 e. The molecule has 0 aromatic heterocycles. The Bertz CT molecular complexity index is 700. The fourth-order valence-electron chi connectivity index (χ4n) is 2.31. The number of carbonyl (C=O) groups is 1. The van der Waals surface area contributed by atoms with Crippen LogP contribution in [0.1, 0.15) is 6.42 Å². The second-order valence-corrected chi connectivity index (χ2v) is 5.66. The highest BCUT2D eigenvalue weighted by Gasteiger charge is 3.01. The zero-order valence-corrected chi connectivity index (χ0v) is 13.0. The molecule has 0 radical (unpaired) electrons. The predicted octanol–water partition coefficient (Wildman–Crippen LogP) is 5.23. The lowest BCUT2D eigenvalue weighted by Crippen LogP contribution is -2.68.